The zero-order chi connectivity index (χ0) is 21.3. The van der Waals surface area contributed by atoms with Gasteiger partial charge in [-0.3, -0.25) is 9.59 Å². The maximum absolute atomic E-state index is 13.2. The first-order valence-electron chi connectivity index (χ1n) is 9.90. The highest BCUT2D eigenvalue weighted by Gasteiger charge is 2.35. The van der Waals surface area contributed by atoms with E-state index in [1.54, 1.807) is 6.07 Å². The number of alkyl halides is 3. The molecule has 158 valence electrons. The molecule has 1 fully saturated rings. The van der Waals surface area contributed by atoms with E-state index in [9.17, 15) is 22.8 Å². The van der Waals surface area contributed by atoms with Gasteiger partial charge in [-0.1, -0.05) is 12.1 Å². The number of nitrogens with one attached hydrogen (secondary N) is 1. The van der Waals surface area contributed by atoms with Crippen LogP contribution >= 0.6 is 0 Å². The molecule has 1 atom stereocenters. The molecule has 0 aromatic heterocycles. The molecule has 2 amide bonds. The summed E-state index contributed by atoms with van der Waals surface area (Å²) in [5, 5.41) is 2.48. The van der Waals surface area contributed by atoms with Gasteiger partial charge in [0.2, 0.25) is 0 Å². The van der Waals surface area contributed by atoms with Crippen molar-refractivity contribution >= 4 is 17.5 Å². The summed E-state index contributed by atoms with van der Waals surface area (Å²) < 4.78 is 45.4. The molecule has 0 spiro atoms. The van der Waals surface area contributed by atoms with Crippen molar-refractivity contribution in [3.05, 3.63) is 59.2 Å². The smallest absolute Gasteiger partial charge is 0.417 e. The first-order chi connectivity index (χ1) is 14.3. The number of anilines is 1. The molecule has 1 saturated heterocycles. The molecule has 2 aromatic rings. The Hall–Kier alpha value is -3.03. The number of fused-ring (bicyclic) bond motifs is 2. The zero-order valence-corrected chi connectivity index (χ0v) is 16.2. The third-order valence-corrected chi connectivity index (χ3v) is 5.54. The summed E-state index contributed by atoms with van der Waals surface area (Å²) in [5.41, 5.74) is -0.940. The van der Waals surface area contributed by atoms with Crippen molar-refractivity contribution in [2.24, 2.45) is 0 Å². The van der Waals surface area contributed by atoms with Crippen molar-refractivity contribution < 1.29 is 27.5 Å². The molecule has 1 N–H and O–H groups in total. The first kappa shape index (κ1) is 20.3. The van der Waals surface area contributed by atoms with Crippen molar-refractivity contribution in [2.45, 2.75) is 37.9 Å². The van der Waals surface area contributed by atoms with Gasteiger partial charge in [0, 0.05) is 24.7 Å². The number of benzene rings is 2. The summed E-state index contributed by atoms with van der Waals surface area (Å²) in [5.74, 6) is -0.656. The Morgan fingerprint density at radius 1 is 1.10 bits per heavy atom. The van der Waals surface area contributed by atoms with Crippen LogP contribution in [-0.2, 0) is 6.18 Å². The minimum Gasteiger partial charge on any atom is -0.493 e. The maximum Gasteiger partial charge on any atom is 0.417 e. The average molecular weight is 418 g/mol. The molecule has 0 aliphatic carbocycles. The number of amides is 2. The number of piperidine rings is 1. The second-order valence-corrected chi connectivity index (χ2v) is 7.49. The van der Waals surface area contributed by atoms with E-state index in [-0.39, 0.29) is 17.6 Å². The first-order valence-corrected chi connectivity index (χ1v) is 9.90. The van der Waals surface area contributed by atoms with Crippen LogP contribution in [0.4, 0.5) is 18.9 Å². The zero-order valence-electron chi connectivity index (χ0n) is 16.2. The predicted octanol–water partition coefficient (Wildman–Crippen LogP) is 4.73. The molecule has 2 aliphatic heterocycles. The van der Waals surface area contributed by atoms with E-state index in [4.69, 9.17) is 4.74 Å². The van der Waals surface area contributed by atoms with Gasteiger partial charge in [0.05, 0.1) is 23.3 Å². The second kappa shape index (κ2) is 8.01. The number of halogens is 3. The van der Waals surface area contributed by atoms with Gasteiger partial charge in [-0.15, -0.1) is 0 Å². The standard InChI is InChI=1S/C22H21F3N2O3/c23-22(24,25)18-7-2-1-6-16(18)20(28)26-14-8-9-19-17(13-14)21(29)27-11-4-3-5-15(27)10-12-30-19/h1-2,6-9,13,15H,3-5,10-12H2,(H,26,28)/t15-/m1/s1. The van der Waals surface area contributed by atoms with Crippen LogP contribution in [0.5, 0.6) is 5.75 Å². The molecule has 8 heteroatoms. The number of nitrogens with zero attached hydrogens (tertiary/aromatic N) is 1. The van der Waals surface area contributed by atoms with Gasteiger partial charge in [-0.25, -0.2) is 0 Å². The Balaban J connectivity index is 1.62. The molecule has 2 aliphatic rings. The van der Waals surface area contributed by atoms with Crippen molar-refractivity contribution in [3.8, 4) is 5.75 Å². The summed E-state index contributed by atoms with van der Waals surface area (Å²) in [4.78, 5) is 27.5. The van der Waals surface area contributed by atoms with E-state index in [2.05, 4.69) is 5.32 Å². The molecule has 0 bridgehead atoms. The number of carbonyl (C=O) groups excluding carboxylic acids is 2. The Morgan fingerprint density at radius 2 is 1.90 bits per heavy atom. The molecule has 0 radical (unpaired) electrons. The number of carbonyl (C=O) groups is 2. The van der Waals surface area contributed by atoms with Crippen LogP contribution in [0.15, 0.2) is 42.5 Å². The number of ether oxygens (including phenoxy) is 1. The number of rotatable bonds is 2. The van der Waals surface area contributed by atoms with E-state index in [0.717, 1.165) is 37.8 Å². The topological polar surface area (TPSA) is 58.6 Å². The number of hydrogen-bond donors (Lipinski definition) is 1. The molecule has 4 rings (SSSR count). The van der Waals surface area contributed by atoms with Crippen molar-refractivity contribution in [1.29, 1.82) is 0 Å². The van der Waals surface area contributed by atoms with E-state index in [0.29, 0.717) is 24.5 Å². The summed E-state index contributed by atoms with van der Waals surface area (Å²) in [6.07, 6.45) is -0.959. The molecule has 2 aromatic carbocycles. The second-order valence-electron chi connectivity index (χ2n) is 7.49. The SMILES string of the molecule is O=C(Nc1ccc2c(c1)C(=O)N1CCCC[C@@H]1CCO2)c1ccccc1C(F)(F)F. The Kier molecular flexibility index (Phi) is 5.40. The predicted molar refractivity (Wildman–Crippen MR) is 105 cm³/mol. The van der Waals surface area contributed by atoms with Crippen LogP contribution in [-0.4, -0.2) is 35.9 Å². The van der Waals surface area contributed by atoms with Gasteiger partial charge in [0.25, 0.3) is 11.8 Å². The minimum absolute atomic E-state index is 0.122. The van der Waals surface area contributed by atoms with Gasteiger partial charge < -0.3 is 15.0 Å². The Morgan fingerprint density at radius 3 is 2.70 bits per heavy atom. The lowest BCUT2D eigenvalue weighted by Gasteiger charge is -2.37. The molecule has 30 heavy (non-hydrogen) atoms. The van der Waals surface area contributed by atoms with Crippen LogP contribution in [0.25, 0.3) is 0 Å². The molecule has 0 saturated carbocycles. The highest BCUT2D eigenvalue weighted by Crippen LogP contribution is 2.33. The highest BCUT2D eigenvalue weighted by molar-refractivity contribution is 6.06. The van der Waals surface area contributed by atoms with Crippen LogP contribution in [0.1, 0.15) is 52.0 Å². The summed E-state index contributed by atoms with van der Waals surface area (Å²) in [7, 11) is 0. The summed E-state index contributed by atoms with van der Waals surface area (Å²) in [6, 6.07) is 9.29. The van der Waals surface area contributed by atoms with Crippen LogP contribution in [0, 0.1) is 0 Å². The molecular formula is C22H21F3N2O3. The normalized spacial score (nSPS) is 19.1. The summed E-state index contributed by atoms with van der Waals surface area (Å²) in [6.45, 7) is 1.14. The fraction of sp³-hybridized carbons (Fsp3) is 0.364. The van der Waals surface area contributed by atoms with Crippen LogP contribution in [0.3, 0.4) is 0 Å². The molecule has 0 unspecified atom stereocenters. The maximum atomic E-state index is 13.2. The third-order valence-electron chi connectivity index (χ3n) is 5.54. The Bertz CT molecular complexity index is 974. The van der Waals surface area contributed by atoms with Crippen LogP contribution < -0.4 is 10.1 Å². The summed E-state index contributed by atoms with van der Waals surface area (Å²) >= 11 is 0. The average Bonchev–Trinajstić information content (AvgIpc) is 2.73. The fourth-order valence-corrected chi connectivity index (χ4v) is 4.06. The van der Waals surface area contributed by atoms with Crippen molar-refractivity contribution in [3.63, 3.8) is 0 Å². The monoisotopic (exact) mass is 418 g/mol. The van der Waals surface area contributed by atoms with E-state index in [1.165, 1.54) is 24.3 Å². The lowest BCUT2D eigenvalue weighted by Crippen LogP contribution is -2.45. The Labute approximate surface area is 171 Å². The van der Waals surface area contributed by atoms with Gasteiger partial charge in [0.1, 0.15) is 5.75 Å². The number of hydrogen-bond acceptors (Lipinski definition) is 3. The minimum atomic E-state index is -4.65. The molecule has 5 nitrogen and oxygen atoms in total. The van der Waals surface area contributed by atoms with E-state index < -0.39 is 23.2 Å². The van der Waals surface area contributed by atoms with E-state index in [1.807, 2.05) is 4.90 Å². The van der Waals surface area contributed by atoms with Crippen molar-refractivity contribution in [1.82, 2.24) is 4.90 Å². The quantitative estimate of drug-likeness (QED) is 0.767. The van der Waals surface area contributed by atoms with Gasteiger partial charge in [0.15, 0.2) is 0 Å². The van der Waals surface area contributed by atoms with Gasteiger partial charge in [-0.05, 0) is 49.6 Å². The lowest BCUT2D eigenvalue weighted by atomic mass is 9.97. The van der Waals surface area contributed by atoms with Crippen LogP contribution in [0.2, 0.25) is 0 Å². The highest BCUT2D eigenvalue weighted by atomic mass is 19.4. The van der Waals surface area contributed by atoms with E-state index >= 15 is 0 Å². The lowest BCUT2D eigenvalue weighted by molar-refractivity contribution is -0.137. The van der Waals surface area contributed by atoms with Crippen molar-refractivity contribution in [2.75, 3.05) is 18.5 Å². The fourth-order valence-electron chi connectivity index (χ4n) is 4.06. The molecule has 2 heterocycles. The van der Waals surface area contributed by atoms with Gasteiger partial charge in [-0.2, -0.15) is 13.2 Å². The third kappa shape index (κ3) is 3.99. The van der Waals surface area contributed by atoms with Gasteiger partial charge >= 0.3 is 6.18 Å². The molecular weight excluding hydrogens is 397 g/mol. The largest absolute Gasteiger partial charge is 0.493 e.